The van der Waals surface area contributed by atoms with Crippen LogP contribution in [0.2, 0.25) is 0 Å². The van der Waals surface area contributed by atoms with Crippen LogP contribution < -0.4 is 5.73 Å². The molecule has 0 saturated carbocycles. The quantitative estimate of drug-likeness (QED) is 0.690. The number of rotatable bonds is 0. The molecule has 2 N–H and O–H groups in total. The summed E-state index contributed by atoms with van der Waals surface area (Å²) in [5, 5.41) is 0. The van der Waals surface area contributed by atoms with E-state index in [2.05, 4.69) is 25.8 Å². The van der Waals surface area contributed by atoms with Gasteiger partial charge in [0.1, 0.15) is 0 Å². The van der Waals surface area contributed by atoms with Crippen LogP contribution in [0.25, 0.3) is 5.65 Å². The van der Waals surface area contributed by atoms with Crippen molar-refractivity contribution in [1.82, 2.24) is 9.38 Å². The molecule has 0 bridgehead atoms. The van der Waals surface area contributed by atoms with Gasteiger partial charge in [-0.1, -0.05) is 20.8 Å². The Bertz CT molecular complexity index is 463. The van der Waals surface area contributed by atoms with Gasteiger partial charge < -0.3 is 10.1 Å². The number of hydrogen-bond acceptors (Lipinski definition) is 2. The zero-order valence-corrected chi connectivity index (χ0v) is 8.78. The molecule has 2 aromatic heterocycles. The van der Waals surface area contributed by atoms with Crippen molar-refractivity contribution in [3.05, 3.63) is 30.2 Å². The van der Waals surface area contributed by atoms with E-state index in [1.54, 1.807) is 0 Å². The Hall–Kier alpha value is -1.51. The third-order valence-corrected chi connectivity index (χ3v) is 2.28. The molecule has 0 spiro atoms. The first-order valence-corrected chi connectivity index (χ1v) is 4.72. The van der Waals surface area contributed by atoms with Crippen molar-refractivity contribution < 1.29 is 0 Å². The standard InChI is InChI=1S/C11H15N3/c1-11(2,3)9-7-14-6-4-5-8(12)10(14)13-9/h4-7H,12H2,1-3H3. The molecule has 2 aromatic rings. The van der Waals surface area contributed by atoms with Crippen LogP contribution in [0, 0.1) is 0 Å². The van der Waals surface area contributed by atoms with Gasteiger partial charge in [0.2, 0.25) is 0 Å². The molecule has 0 amide bonds. The van der Waals surface area contributed by atoms with Crippen LogP contribution in [0.3, 0.4) is 0 Å². The van der Waals surface area contributed by atoms with Crippen molar-refractivity contribution in [2.75, 3.05) is 5.73 Å². The zero-order valence-electron chi connectivity index (χ0n) is 8.78. The van der Waals surface area contributed by atoms with E-state index in [9.17, 15) is 0 Å². The second kappa shape index (κ2) is 2.74. The van der Waals surface area contributed by atoms with Gasteiger partial charge in [-0.15, -0.1) is 0 Å². The van der Waals surface area contributed by atoms with Crippen LogP contribution in [0.1, 0.15) is 26.5 Å². The van der Waals surface area contributed by atoms with Crippen molar-refractivity contribution in [3.63, 3.8) is 0 Å². The van der Waals surface area contributed by atoms with Gasteiger partial charge in [0, 0.05) is 17.8 Å². The Morgan fingerprint density at radius 2 is 2.07 bits per heavy atom. The van der Waals surface area contributed by atoms with Gasteiger partial charge in [-0.3, -0.25) is 0 Å². The monoisotopic (exact) mass is 189 g/mol. The second-order valence-corrected chi connectivity index (χ2v) is 4.57. The number of nitrogen functional groups attached to an aromatic ring is 1. The van der Waals surface area contributed by atoms with Gasteiger partial charge in [0.15, 0.2) is 5.65 Å². The summed E-state index contributed by atoms with van der Waals surface area (Å²) in [5.41, 5.74) is 8.53. The Labute approximate surface area is 83.6 Å². The highest BCUT2D eigenvalue weighted by Crippen LogP contribution is 2.23. The molecular formula is C11H15N3. The number of hydrogen-bond donors (Lipinski definition) is 1. The summed E-state index contributed by atoms with van der Waals surface area (Å²) in [6, 6.07) is 3.80. The van der Waals surface area contributed by atoms with E-state index in [-0.39, 0.29) is 5.41 Å². The Morgan fingerprint density at radius 3 is 2.64 bits per heavy atom. The van der Waals surface area contributed by atoms with Crippen molar-refractivity contribution in [1.29, 1.82) is 0 Å². The van der Waals surface area contributed by atoms with Gasteiger partial charge >= 0.3 is 0 Å². The summed E-state index contributed by atoms with van der Waals surface area (Å²) < 4.78 is 1.97. The first-order valence-electron chi connectivity index (χ1n) is 4.72. The zero-order chi connectivity index (χ0) is 10.3. The van der Waals surface area contributed by atoms with Crippen LogP contribution in [0.5, 0.6) is 0 Å². The van der Waals surface area contributed by atoms with Crippen LogP contribution >= 0.6 is 0 Å². The normalized spacial score (nSPS) is 12.2. The van der Waals surface area contributed by atoms with Gasteiger partial charge in [0.05, 0.1) is 11.4 Å². The fourth-order valence-corrected chi connectivity index (χ4v) is 1.40. The van der Waals surface area contributed by atoms with Crippen LogP contribution in [-0.2, 0) is 5.41 Å². The lowest BCUT2D eigenvalue weighted by Gasteiger charge is -2.13. The van der Waals surface area contributed by atoms with Crippen LogP contribution in [0.4, 0.5) is 5.69 Å². The number of nitrogens with two attached hydrogens (primary N) is 1. The average Bonchev–Trinajstić information content (AvgIpc) is 2.48. The molecule has 0 radical (unpaired) electrons. The van der Waals surface area contributed by atoms with Crippen molar-refractivity contribution in [2.24, 2.45) is 0 Å². The first-order chi connectivity index (χ1) is 6.48. The number of pyridine rings is 1. The van der Waals surface area contributed by atoms with Crippen molar-refractivity contribution >= 4 is 11.3 Å². The summed E-state index contributed by atoms with van der Waals surface area (Å²) >= 11 is 0. The first kappa shape index (κ1) is 9.06. The number of nitrogens with zero attached hydrogens (tertiary/aromatic N) is 2. The maximum atomic E-state index is 5.83. The molecule has 14 heavy (non-hydrogen) atoms. The predicted octanol–water partition coefficient (Wildman–Crippen LogP) is 2.21. The maximum Gasteiger partial charge on any atom is 0.160 e. The van der Waals surface area contributed by atoms with Crippen LogP contribution in [-0.4, -0.2) is 9.38 Å². The van der Waals surface area contributed by atoms with Gasteiger partial charge in [-0.25, -0.2) is 4.98 Å². The molecule has 0 aromatic carbocycles. The van der Waals surface area contributed by atoms with E-state index in [0.29, 0.717) is 0 Å². The lowest BCUT2D eigenvalue weighted by atomic mass is 9.93. The molecule has 0 aliphatic carbocycles. The topological polar surface area (TPSA) is 43.3 Å². The summed E-state index contributed by atoms with van der Waals surface area (Å²) in [4.78, 5) is 4.52. The van der Waals surface area contributed by atoms with E-state index in [1.165, 1.54) is 0 Å². The molecule has 2 heterocycles. The minimum atomic E-state index is 0.0679. The minimum absolute atomic E-state index is 0.0679. The fourth-order valence-electron chi connectivity index (χ4n) is 1.40. The summed E-state index contributed by atoms with van der Waals surface area (Å²) in [6.45, 7) is 6.43. The molecule has 0 fully saturated rings. The molecule has 0 unspecified atom stereocenters. The van der Waals surface area contributed by atoms with Gasteiger partial charge in [0.25, 0.3) is 0 Å². The summed E-state index contributed by atoms with van der Waals surface area (Å²) in [6.07, 6.45) is 4.00. The van der Waals surface area contributed by atoms with E-state index in [1.807, 2.05) is 28.9 Å². The highest BCUT2D eigenvalue weighted by Gasteiger charge is 2.17. The highest BCUT2D eigenvalue weighted by molar-refractivity contribution is 5.64. The number of imidazole rings is 1. The maximum absolute atomic E-state index is 5.83. The van der Waals surface area contributed by atoms with Gasteiger partial charge in [-0.05, 0) is 12.1 Å². The molecule has 74 valence electrons. The second-order valence-electron chi connectivity index (χ2n) is 4.57. The fraction of sp³-hybridized carbons (Fsp3) is 0.364. The SMILES string of the molecule is CC(C)(C)c1cn2cccc(N)c2n1. The molecule has 3 nitrogen and oxygen atoms in total. The number of aromatic nitrogens is 2. The Balaban J connectivity index is 2.69. The molecule has 0 atom stereocenters. The highest BCUT2D eigenvalue weighted by atomic mass is 15.0. The van der Waals surface area contributed by atoms with Crippen molar-refractivity contribution in [3.8, 4) is 0 Å². The smallest absolute Gasteiger partial charge is 0.160 e. The largest absolute Gasteiger partial charge is 0.396 e. The summed E-state index contributed by atoms with van der Waals surface area (Å²) in [7, 11) is 0. The summed E-state index contributed by atoms with van der Waals surface area (Å²) in [5.74, 6) is 0. The molecular weight excluding hydrogens is 174 g/mol. The average molecular weight is 189 g/mol. The predicted molar refractivity (Wildman–Crippen MR) is 58.3 cm³/mol. The Kier molecular flexibility index (Phi) is 1.77. The van der Waals surface area contributed by atoms with E-state index in [0.717, 1.165) is 17.0 Å². The van der Waals surface area contributed by atoms with Crippen LogP contribution in [0.15, 0.2) is 24.5 Å². The van der Waals surface area contributed by atoms with Crippen molar-refractivity contribution in [2.45, 2.75) is 26.2 Å². The third kappa shape index (κ3) is 1.35. The minimum Gasteiger partial charge on any atom is -0.396 e. The lowest BCUT2D eigenvalue weighted by Crippen LogP contribution is -2.11. The number of anilines is 1. The Morgan fingerprint density at radius 1 is 1.36 bits per heavy atom. The molecule has 0 saturated heterocycles. The van der Waals surface area contributed by atoms with E-state index >= 15 is 0 Å². The molecule has 0 aliphatic rings. The molecule has 0 aliphatic heterocycles. The van der Waals surface area contributed by atoms with Gasteiger partial charge in [-0.2, -0.15) is 0 Å². The van der Waals surface area contributed by atoms with E-state index in [4.69, 9.17) is 5.73 Å². The number of fused-ring (bicyclic) bond motifs is 1. The third-order valence-electron chi connectivity index (χ3n) is 2.28. The molecule has 3 heteroatoms. The molecule has 2 rings (SSSR count). The lowest BCUT2D eigenvalue weighted by molar-refractivity contribution is 0.573. The van der Waals surface area contributed by atoms with E-state index < -0.39 is 0 Å².